The molecule has 1 aromatic carbocycles. The van der Waals surface area contributed by atoms with Crippen LogP contribution in [0.1, 0.15) is 39.0 Å². The molecule has 1 aliphatic carbocycles. The molecule has 6 nitrogen and oxygen atoms in total. The molecule has 0 amide bonds. The van der Waals surface area contributed by atoms with Crippen LogP contribution >= 0.6 is 11.3 Å². The van der Waals surface area contributed by atoms with Gasteiger partial charge in [-0.05, 0) is 35.6 Å². The number of rotatable bonds is 5. The standard InChI is InChI=1S/C23H21N3O3S/c1-28-13-18-22(14-5-7-16(29-2)8-6-14)23-24-12-17-19(26(23)25-18)10-15(11-20(17)27)21-4-3-9-30-21/h3-9,12,15H,10-11,13H2,1-2H3. The maximum Gasteiger partial charge on any atom is 0.166 e. The summed E-state index contributed by atoms with van der Waals surface area (Å²) in [6, 6.07) is 12.0. The van der Waals surface area contributed by atoms with Crippen LogP contribution in [0.2, 0.25) is 0 Å². The van der Waals surface area contributed by atoms with Gasteiger partial charge in [-0.2, -0.15) is 5.10 Å². The van der Waals surface area contributed by atoms with Crippen molar-refractivity contribution in [3.63, 3.8) is 0 Å². The van der Waals surface area contributed by atoms with Crippen molar-refractivity contribution in [1.82, 2.24) is 14.6 Å². The Morgan fingerprint density at radius 3 is 2.70 bits per heavy atom. The van der Waals surface area contributed by atoms with E-state index in [1.807, 2.05) is 34.8 Å². The highest BCUT2D eigenvalue weighted by Crippen LogP contribution is 2.37. The number of aromatic nitrogens is 3. The van der Waals surface area contributed by atoms with Gasteiger partial charge in [-0.1, -0.05) is 18.2 Å². The molecule has 0 N–H and O–H groups in total. The summed E-state index contributed by atoms with van der Waals surface area (Å²) in [6.07, 6.45) is 2.98. The number of benzene rings is 1. The number of carbonyl (C=O) groups excluding carboxylic acids is 1. The van der Waals surface area contributed by atoms with Gasteiger partial charge in [-0.15, -0.1) is 11.3 Å². The monoisotopic (exact) mass is 419 g/mol. The molecule has 0 aliphatic heterocycles. The van der Waals surface area contributed by atoms with Gasteiger partial charge in [0.05, 0.1) is 36.2 Å². The highest BCUT2D eigenvalue weighted by Gasteiger charge is 2.31. The second kappa shape index (κ2) is 7.66. The molecule has 0 saturated carbocycles. The molecule has 1 atom stereocenters. The molecule has 0 radical (unpaired) electrons. The van der Waals surface area contributed by atoms with E-state index in [0.717, 1.165) is 40.3 Å². The molecule has 30 heavy (non-hydrogen) atoms. The molecule has 3 heterocycles. The number of ketones is 1. The van der Waals surface area contributed by atoms with Crippen LogP contribution in [0, 0.1) is 0 Å². The average Bonchev–Trinajstić information content (AvgIpc) is 3.42. The maximum absolute atomic E-state index is 12.9. The first-order valence-electron chi connectivity index (χ1n) is 9.79. The lowest BCUT2D eigenvalue weighted by Crippen LogP contribution is -2.22. The Bertz CT molecular complexity index is 1210. The van der Waals surface area contributed by atoms with E-state index in [2.05, 4.69) is 16.4 Å². The Morgan fingerprint density at radius 1 is 1.17 bits per heavy atom. The molecule has 152 valence electrons. The van der Waals surface area contributed by atoms with Crippen molar-refractivity contribution in [3.8, 4) is 16.9 Å². The van der Waals surface area contributed by atoms with E-state index in [4.69, 9.17) is 14.6 Å². The van der Waals surface area contributed by atoms with Crippen molar-refractivity contribution in [2.75, 3.05) is 14.2 Å². The second-order valence-corrected chi connectivity index (χ2v) is 8.36. The van der Waals surface area contributed by atoms with E-state index < -0.39 is 0 Å². The van der Waals surface area contributed by atoms with Gasteiger partial charge in [-0.3, -0.25) is 4.79 Å². The van der Waals surface area contributed by atoms with Crippen molar-refractivity contribution < 1.29 is 14.3 Å². The van der Waals surface area contributed by atoms with Crippen LogP contribution in [-0.4, -0.2) is 34.6 Å². The highest BCUT2D eigenvalue weighted by molar-refractivity contribution is 7.10. The van der Waals surface area contributed by atoms with E-state index in [1.54, 1.807) is 31.8 Å². The van der Waals surface area contributed by atoms with Crippen LogP contribution in [0.4, 0.5) is 0 Å². The third-order valence-electron chi connectivity index (χ3n) is 5.59. The van der Waals surface area contributed by atoms with Crippen molar-refractivity contribution in [3.05, 3.63) is 69.8 Å². The van der Waals surface area contributed by atoms with Gasteiger partial charge in [0.15, 0.2) is 11.4 Å². The largest absolute Gasteiger partial charge is 0.497 e. The van der Waals surface area contributed by atoms with E-state index in [1.165, 1.54) is 4.88 Å². The van der Waals surface area contributed by atoms with Crippen LogP contribution in [0.25, 0.3) is 16.8 Å². The van der Waals surface area contributed by atoms with Crippen LogP contribution in [0.15, 0.2) is 48.0 Å². The predicted octanol–water partition coefficient (Wildman–Crippen LogP) is 4.53. The molecular formula is C23H21N3O3S. The Hall–Kier alpha value is -3.03. The van der Waals surface area contributed by atoms with Crippen molar-refractivity contribution >= 4 is 22.8 Å². The Labute approximate surface area is 178 Å². The van der Waals surface area contributed by atoms with Crippen molar-refractivity contribution in [1.29, 1.82) is 0 Å². The summed E-state index contributed by atoms with van der Waals surface area (Å²) in [5.74, 6) is 1.09. The summed E-state index contributed by atoms with van der Waals surface area (Å²) < 4.78 is 12.6. The first kappa shape index (κ1) is 19.0. The third-order valence-corrected chi connectivity index (χ3v) is 6.63. The number of ether oxygens (including phenoxy) is 2. The highest BCUT2D eigenvalue weighted by atomic mass is 32.1. The number of carbonyl (C=O) groups is 1. The van der Waals surface area contributed by atoms with E-state index in [0.29, 0.717) is 18.6 Å². The van der Waals surface area contributed by atoms with Crippen LogP contribution in [-0.2, 0) is 17.8 Å². The van der Waals surface area contributed by atoms with Gasteiger partial charge in [0.1, 0.15) is 5.75 Å². The van der Waals surface area contributed by atoms with E-state index in [9.17, 15) is 4.79 Å². The molecule has 0 spiro atoms. The smallest absolute Gasteiger partial charge is 0.166 e. The van der Waals surface area contributed by atoms with Crippen LogP contribution in [0.5, 0.6) is 5.75 Å². The molecule has 4 aromatic rings. The molecule has 1 unspecified atom stereocenters. The minimum Gasteiger partial charge on any atom is -0.497 e. The summed E-state index contributed by atoms with van der Waals surface area (Å²) >= 11 is 1.70. The molecule has 0 bridgehead atoms. The maximum atomic E-state index is 12.9. The summed E-state index contributed by atoms with van der Waals surface area (Å²) in [4.78, 5) is 18.8. The lowest BCUT2D eigenvalue weighted by Gasteiger charge is -2.23. The fourth-order valence-corrected chi connectivity index (χ4v) is 4.99. The lowest BCUT2D eigenvalue weighted by molar-refractivity contribution is 0.0962. The summed E-state index contributed by atoms with van der Waals surface area (Å²) in [5, 5.41) is 6.89. The van der Waals surface area contributed by atoms with Gasteiger partial charge < -0.3 is 9.47 Å². The molecule has 3 aromatic heterocycles. The number of fused-ring (bicyclic) bond motifs is 3. The van der Waals surface area contributed by atoms with E-state index >= 15 is 0 Å². The summed E-state index contributed by atoms with van der Waals surface area (Å²) in [6.45, 7) is 0.363. The van der Waals surface area contributed by atoms with Gasteiger partial charge in [0.2, 0.25) is 0 Å². The van der Waals surface area contributed by atoms with Crippen LogP contribution in [0.3, 0.4) is 0 Å². The Kier molecular flexibility index (Phi) is 4.84. The van der Waals surface area contributed by atoms with Crippen molar-refractivity contribution in [2.45, 2.75) is 25.4 Å². The lowest BCUT2D eigenvalue weighted by atomic mass is 9.85. The fraction of sp³-hybridized carbons (Fsp3) is 0.261. The molecule has 1 aliphatic rings. The zero-order chi connectivity index (χ0) is 20.7. The number of nitrogens with zero attached hydrogens (tertiary/aromatic N) is 3. The minimum absolute atomic E-state index is 0.124. The van der Waals surface area contributed by atoms with Crippen molar-refractivity contribution in [2.24, 2.45) is 0 Å². The third kappa shape index (κ3) is 3.11. The minimum atomic E-state index is 0.124. The zero-order valence-electron chi connectivity index (χ0n) is 16.8. The normalized spacial score (nSPS) is 16.1. The van der Waals surface area contributed by atoms with E-state index in [-0.39, 0.29) is 11.7 Å². The number of thiophene rings is 1. The molecule has 5 rings (SSSR count). The topological polar surface area (TPSA) is 65.7 Å². The number of hydrogen-bond acceptors (Lipinski definition) is 6. The second-order valence-electron chi connectivity index (χ2n) is 7.38. The van der Waals surface area contributed by atoms with Crippen LogP contribution < -0.4 is 4.74 Å². The molecular weight excluding hydrogens is 398 g/mol. The average molecular weight is 420 g/mol. The predicted molar refractivity (Wildman–Crippen MR) is 115 cm³/mol. The number of methoxy groups -OCH3 is 2. The first-order chi connectivity index (χ1) is 14.7. The molecule has 0 fully saturated rings. The molecule has 7 heteroatoms. The first-order valence-corrected chi connectivity index (χ1v) is 10.7. The zero-order valence-corrected chi connectivity index (χ0v) is 17.6. The summed E-state index contributed by atoms with van der Waals surface area (Å²) in [5.41, 5.74) is 5.05. The number of hydrogen-bond donors (Lipinski definition) is 0. The summed E-state index contributed by atoms with van der Waals surface area (Å²) in [7, 11) is 3.30. The molecule has 0 saturated heterocycles. The van der Waals surface area contributed by atoms with Gasteiger partial charge >= 0.3 is 0 Å². The Morgan fingerprint density at radius 2 is 2.00 bits per heavy atom. The number of Topliss-reactive ketones (excluding diaryl/α,β-unsaturated/α-hetero) is 1. The quantitative estimate of drug-likeness (QED) is 0.476. The van der Waals surface area contributed by atoms with Gasteiger partial charge in [0, 0.05) is 30.5 Å². The Balaban J connectivity index is 1.68. The SMILES string of the molecule is COCc1nn2c3c(cnc2c1-c1ccc(OC)cc1)C(=O)CC(c1cccs1)C3. The fourth-order valence-electron chi connectivity index (χ4n) is 4.16. The van der Waals surface area contributed by atoms with Gasteiger partial charge in [0.25, 0.3) is 0 Å². The van der Waals surface area contributed by atoms with Gasteiger partial charge in [-0.25, -0.2) is 9.50 Å².